The Kier molecular flexibility index (Phi) is 6.22. The van der Waals surface area contributed by atoms with Crippen molar-refractivity contribution in [3.05, 3.63) is 48.0 Å². The van der Waals surface area contributed by atoms with E-state index in [2.05, 4.69) is 5.32 Å². The lowest BCUT2D eigenvalue weighted by atomic mass is 10.2. The zero-order valence-corrected chi connectivity index (χ0v) is 14.2. The first-order chi connectivity index (χ1) is 12.1. The smallest absolute Gasteiger partial charge is 0.342 e. The Morgan fingerprint density at radius 3 is 2.24 bits per heavy atom. The van der Waals surface area contributed by atoms with Gasteiger partial charge in [0.2, 0.25) is 0 Å². The van der Waals surface area contributed by atoms with Crippen LogP contribution in [0.4, 0.5) is 5.69 Å². The predicted octanol–water partition coefficient (Wildman–Crippen LogP) is 2.51. The number of amides is 1. The number of hydrogen-bond acceptors (Lipinski definition) is 6. The van der Waals surface area contributed by atoms with Crippen LogP contribution in [0, 0.1) is 0 Å². The van der Waals surface area contributed by atoms with Crippen LogP contribution in [0.25, 0.3) is 0 Å². The number of rotatable bonds is 7. The summed E-state index contributed by atoms with van der Waals surface area (Å²) in [6, 6.07) is 11.7. The number of anilines is 1. The molecule has 0 spiro atoms. The Morgan fingerprint density at radius 2 is 1.56 bits per heavy atom. The van der Waals surface area contributed by atoms with Crippen molar-refractivity contribution < 1.29 is 28.5 Å². The molecule has 0 heterocycles. The van der Waals surface area contributed by atoms with Gasteiger partial charge >= 0.3 is 5.97 Å². The molecule has 2 rings (SSSR count). The molecule has 1 N–H and O–H groups in total. The second-order valence-corrected chi connectivity index (χ2v) is 4.87. The number of hydrogen-bond donors (Lipinski definition) is 1. The fourth-order valence-electron chi connectivity index (χ4n) is 2.19. The average Bonchev–Trinajstić information content (AvgIpc) is 2.65. The molecule has 0 aromatic heterocycles. The molecule has 7 heteroatoms. The summed E-state index contributed by atoms with van der Waals surface area (Å²) in [6.45, 7) is -0.447. The molecule has 132 valence electrons. The second-order valence-electron chi connectivity index (χ2n) is 4.87. The topological polar surface area (TPSA) is 83.1 Å². The van der Waals surface area contributed by atoms with Crippen molar-refractivity contribution in [2.75, 3.05) is 33.3 Å². The van der Waals surface area contributed by atoms with Crippen molar-refractivity contribution in [1.29, 1.82) is 0 Å². The summed E-state index contributed by atoms with van der Waals surface area (Å²) in [4.78, 5) is 24.2. The van der Waals surface area contributed by atoms with E-state index in [1.54, 1.807) is 36.4 Å². The molecule has 0 radical (unpaired) electrons. The molecule has 0 aliphatic carbocycles. The largest absolute Gasteiger partial charge is 0.495 e. The van der Waals surface area contributed by atoms with Crippen LogP contribution in [0.3, 0.4) is 0 Å². The molecular formula is C18H19NO6. The van der Waals surface area contributed by atoms with Crippen LogP contribution in [0.5, 0.6) is 17.2 Å². The van der Waals surface area contributed by atoms with E-state index in [0.29, 0.717) is 17.2 Å². The average molecular weight is 345 g/mol. The lowest BCUT2D eigenvalue weighted by Crippen LogP contribution is -2.21. The fraction of sp³-hybridized carbons (Fsp3) is 0.222. The minimum absolute atomic E-state index is 0.173. The van der Waals surface area contributed by atoms with Gasteiger partial charge in [-0.15, -0.1) is 0 Å². The predicted molar refractivity (Wildman–Crippen MR) is 91.5 cm³/mol. The first kappa shape index (κ1) is 18.1. The van der Waals surface area contributed by atoms with Gasteiger partial charge in [-0.3, -0.25) is 4.79 Å². The SMILES string of the molecule is COc1ccccc1NC(=O)COC(=O)c1cccc(OC)c1OC. The van der Waals surface area contributed by atoms with Crippen molar-refractivity contribution in [2.45, 2.75) is 0 Å². The number of methoxy groups -OCH3 is 3. The van der Waals surface area contributed by atoms with Crippen molar-refractivity contribution in [3.63, 3.8) is 0 Å². The summed E-state index contributed by atoms with van der Waals surface area (Å²) >= 11 is 0. The monoisotopic (exact) mass is 345 g/mol. The number of para-hydroxylation sites is 3. The lowest BCUT2D eigenvalue weighted by Gasteiger charge is -2.12. The quantitative estimate of drug-likeness (QED) is 0.777. The maximum Gasteiger partial charge on any atom is 0.342 e. The van der Waals surface area contributed by atoms with Gasteiger partial charge in [0.05, 0.1) is 27.0 Å². The third-order valence-electron chi connectivity index (χ3n) is 3.34. The summed E-state index contributed by atoms with van der Waals surface area (Å²) in [5, 5.41) is 2.62. The molecule has 25 heavy (non-hydrogen) atoms. The molecule has 0 unspecified atom stereocenters. The van der Waals surface area contributed by atoms with Gasteiger partial charge in [-0.05, 0) is 24.3 Å². The third kappa shape index (κ3) is 4.41. The molecule has 0 bridgehead atoms. The highest BCUT2D eigenvalue weighted by Crippen LogP contribution is 2.31. The first-order valence-corrected chi connectivity index (χ1v) is 7.41. The number of esters is 1. The number of nitrogens with one attached hydrogen (secondary N) is 1. The van der Waals surface area contributed by atoms with Gasteiger partial charge in [0.15, 0.2) is 18.1 Å². The van der Waals surface area contributed by atoms with Gasteiger partial charge in [0.25, 0.3) is 5.91 Å². The van der Waals surface area contributed by atoms with Crippen LogP contribution < -0.4 is 19.5 Å². The van der Waals surface area contributed by atoms with E-state index < -0.39 is 18.5 Å². The summed E-state index contributed by atoms with van der Waals surface area (Å²) in [7, 11) is 4.39. The molecule has 0 atom stereocenters. The maximum atomic E-state index is 12.2. The maximum absolute atomic E-state index is 12.2. The minimum atomic E-state index is -0.689. The van der Waals surface area contributed by atoms with E-state index in [0.717, 1.165) is 0 Å². The number of benzene rings is 2. The van der Waals surface area contributed by atoms with E-state index in [4.69, 9.17) is 18.9 Å². The van der Waals surface area contributed by atoms with E-state index in [9.17, 15) is 9.59 Å². The molecule has 2 aromatic rings. The van der Waals surface area contributed by atoms with Crippen molar-refractivity contribution >= 4 is 17.6 Å². The molecule has 0 aliphatic rings. The number of carbonyl (C=O) groups excluding carboxylic acids is 2. The second kappa shape index (κ2) is 8.58. The Labute approximate surface area is 145 Å². The van der Waals surface area contributed by atoms with Gasteiger partial charge in [-0.25, -0.2) is 4.79 Å². The molecular weight excluding hydrogens is 326 g/mol. The van der Waals surface area contributed by atoms with Gasteiger partial charge in [0, 0.05) is 0 Å². The number of ether oxygens (including phenoxy) is 4. The minimum Gasteiger partial charge on any atom is -0.495 e. The van der Waals surface area contributed by atoms with E-state index in [1.807, 2.05) is 0 Å². The number of carbonyl (C=O) groups is 2. The van der Waals surface area contributed by atoms with Crippen molar-refractivity contribution in [2.24, 2.45) is 0 Å². The van der Waals surface area contributed by atoms with Crippen LogP contribution in [0.1, 0.15) is 10.4 Å². The summed E-state index contributed by atoms with van der Waals surface area (Å²) in [5.74, 6) is -0.0159. The zero-order valence-electron chi connectivity index (χ0n) is 14.2. The Balaban J connectivity index is 2.01. The van der Waals surface area contributed by atoms with Crippen molar-refractivity contribution in [3.8, 4) is 17.2 Å². The van der Waals surface area contributed by atoms with E-state index >= 15 is 0 Å². The molecule has 0 fully saturated rings. The molecule has 0 saturated carbocycles. The summed E-state index contributed by atoms with van der Waals surface area (Å²) < 4.78 is 20.5. The molecule has 0 saturated heterocycles. The highest BCUT2D eigenvalue weighted by molar-refractivity contribution is 5.97. The normalized spacial score (nSPS) is 9.88. The van der Waals surface area contributed by atoms with Crippen LogP contribution in [0.15, 0.2) is 42.5 Å². The van der Waals surface area contributed by atoms with Crippen LogP contribution in [-0.4, -0.2) is 39.8 Å². The summed E-state index contributed by atoms with van der Waals surface area (Å²) in [6.07, 6.45) is 0. The van der Waals surface area contributed by atoms with Gasteiger partial charge < -0.3 is 24.3 Å². The van der Waals surface area contributed by atoms with Gasteiger partial charge in [-0.1, -0.05) is 18.2 Å². The standard InChI is InChI=1S/C18H19NO6/c1-22-14-9-5-4-8-13(14)19-16(20)11-25-18(21)12-7-6-10-15(23-2)17(12)24-3/h4-10H,11H2,1-3H3,(H,19,20). The van der Waals surface area contributed by atoms with Crippen molar-refractivity contribution in [1.82, 2.24) is 0 Å². The van der Waals surface area contributed by atoms with Crippen LogP contribution in [0.2, 0.25) is 0 Å². The highest BCUT2D eigenvalue weighted by atomic mass is 16.5. The molecule has 0 aliphatic heterocycles. The molecule has 2 aromatic carbocycles. The third-order valence-corrected chi connectivity index (χ3v) is 3.34. The van der Waals surface area contributed by atoms with Crippen LogP contribution >= 0.6 is 0 Å². The lowest BCUT2D eigenvalue weighted by molar-refractivity contribution is -0.119. The Morgan fingerprint density at radius 1 is 0.880 bits per heavy atom. The zero-order chi connectivity index (χ0) is 18.2. The van der Waals surface area contributed by atoms with Gasteiger partial charge in [0.1, 0.15) is 11.3 Å². The molecule has 7 nitrogen and oxygen atoms in total. The first-order valence-electron chi connectivity index (χ1n) is 7.41. The van der Waals surface area contributed by atoms with Crippen LogP contribution in [-0.2, 0) is 9.53 Å². The van der Waals surface area contributed by atoms with E-state index in [-0.39, 0.29) is 11.3 Å². The highest BCUT2D eigenvalue weighted by Gasteiger charge is 2.19. The summed E-state index contributed by atoms with van der Waals surface area (Å²) in [5.41, 5.74) is 0.664. The van der Waals surface area contributed by atoms with Gasteiger partial charge in [-0.2, -0.15) is 0 Å². The van der Waals surface area contributed by atoms with E-state index in [1.165, 1.54) is 27.4 Å². The Bertz CT molecular complexity index is 759. The fourth-order valence-corrected chi connectivity index (χ4v) is 2.19. The molecule has 1 amide bonds. The Hall–Kier alpha value is -3.22.